The standard InChI is InChI=1S/C10H18Cl2/c1-2-6-9(11)10(12)7-4-3-5-8-10/h9H,2-8H2,1H3. The van der Waals surface area contributed by atoms with Gasteiger partial charge >= 0.3 is 0 Å². The second-order valence-electron chi connectivity index (χ2n) is 3.85. The summed E-state index contributed by atoms with van der Waals surface area (Å²) >= 11 is 12.7. The zero-order chi connectivity index (χ0) is 9.03. The molecule has 72 valence electrons. The summed E-state index contributed by atoms with van der Waals surface area (Å²) in [5, 5.41) is 0.185. The molecule has 0 heterocycles. The van der Waals surface area contributed by atoms with Crippen LogP contribution in [-0.2, 0) is 0 Å². The molecule has 0 amide bonds. The highest BCUT2D eigenvalue weighted by Crippen LogP contribution is 2.40. The molecule has 0 N–H and O–H groups in total. The number of halogens is 2. The molecule has 0 radical (unpaired) electrons. The van der Waals surface area contributed by atoms with E-state index in [9.17, 15) is 0 Å². The van der Waals surface area contributed by atoms with E-state index in [1.54, 1.807) is 0 Å². The number of rotatable bonds is 3. The van der Waals surface area contributed by atoms with E-state index in [0.717, 1.165) is 25.7 Å². The zero-order valence-electron chi connectivity index (χ0n) is 7.78. The minimum atomic E-state index is -0.0736. The van der Waals surface area contributed by atoms with Crippen LogP contribution < -0.4 is 0 Å². The van der Waals surface area contributed by atoms with Crippen molar-refractivity contribution in [1.82, 2.24) is 0 Å². The van der Waals surface area contributed by atoms with Gasteiger partial charge in [0.25, 0.3) is 0 Å². The smallest absolute Gasteiger partial charge is 0.0609 e. The van der Waals surface area contributed by atoms with Gasteiger partial charge in [0.2, 0.25) is 0 Å². The molecule has 0 bridgehead atoms. The van der Waals surface area contributed by atoms with Gasteiger partial charge in [0.05, 0.1) is 10.3 Å². The quantitative estimate of drug-likeness (QED) is 0.606. The summed E-state index contributed by atoms with van der Waals surface area (Å²) in [7, 11) is 0. The minimum Gasteiger partial charge on any atom is -0.121 e. The average Bonchev–Trinajstić information content (AvgIpc) is 2.06. The lowest BCUT2D eigenvalue weighted by Gasteiger charge is -2.35. The Kier molecular flexibility index (Phi) is 4.19. The fourth-order valence-corrected chi connectivity index (χ4v) is 2.78. The third kappa shape index (κ3) is 2.53. The van der Waals surface area contributed by atoms with E-state index in [1.165, 1.54) is 19.3 Å². The maximum absolute atomic E-state index is 6.47. The van der Waals surface area contributed by atoms with Crippen LogP contribution >= 0.6 is 23.2 Å². The Labute approximate surface area is 85.6 Å². The van der Waals surface area contributed by atoms with Gasteiger partial charge < -0.3 is 0 Å². The second kappa shape index (κ2) is 4.72. The van der Waals surface area contributed by atoms with E-state index in [-0.39, 0.29) is 10.3 Å². The molecule has 0 aromatic carbocycles. The number of hydrogen-bond acceptors (Lipinski definition) is 0. The van der Waals surface area contributed by atoms with Crippen molar-refractivity contribution in [1.29, 1.82) is 0 Å². The maximum Gasteiger partial charge on any atom is 0.0609 e. The molecule has 1 atom stereocenters. The van der Waals surface area contributed by atoms with Gasteiger partial charge in [-0.25, -0.2) is 0 Å². The Bertz CT molecular complexity index is 128. The van der Waals surface area contributed by atoms with Crippen LogP contribution in [0.15, 0.2) is 0 Å². The number of alkyl halides is 2. The average molecular weight is 209 g/mol. The molecular weight excluding hydrogens is 191 g/mol. The first-order valence-corrected chi connectivity index (χ1v) is 5.83. The summed E-state index contributed by atoms with van der Waals surface area (Å²) in [6, 6.07) is 0. The summed E-state index contributed by atoms with van der Waals surface area (Å²) in [5.74, 6) is 0. The highest BCUT2D eigenvalue weighted by molar-refractivity contribution is 6.32. The van der Waals surface area contributed by atoms with Crippen LogP contribution in [0.4, 0.5) is 0 Å². The molecule has 1 aliphatic rings. The van der Waals surface area contributed by atoms with E-state index in [1.807, 2.05) is 0 Å². The van der Waals surface area contributed by atoms with Gasteiger partial charge in [-0.1, -0.05) is 32.6 Å². The normalized spacial score (nSPS) is 25.2. The van der Waals surface area contributed by atoms with Gasteiger partial charge in [-0.15, -0.1) is 23.2 Å². The van der Waals surface area contributed by atoms with Crippen molar-refractivity contribution in [3.8, 4) is 0 Å². The van der Waals surface area contributed by atoms with Crippen molar-refractivity contribution in [3.05, 3.63) is 0 Å². The van der Waals surface area contributed by atoms with E-state index in [4.69, 9.17) is 23.2 Å². The van der Waals surface area contributed by atoms with Crippen LogP contribution in [-0.4, -0.2) is 10.3 Å². The van der Waals surface area contributed by atoms with Crippen molar-refractivity contribution in [2.75, 3.05) is 0 Å². The Morgan fingerprint density at radius 1 is 1.25 bits per heavy atom. The molecular formula is C10H18Cl2. The molecule has 2 heteroatoms. The lowest BCUT2D eigenvalue weighted by molar-refractivity contribution is 0.367. The van der Waals surface area contributed by atoms with Gasteiger partial charge in [-0.05, 0) is 19.3 Å². The third-order valence-corrected chi connectivity index (χ3v) is 4.18. The molecule has 0 spiro atoms. The highest BCUT2D eigenvalue weighted by Gasteiger charge is 2.35. The molecule has 1 aliphatic carbocycles. The van der Waals surface area contributed by atoms with Crippen molar-refractivity contribution < 1.29 is 0 Å². The lowest BCUT2D eigenvalue weighted by Crippen LogP contribution is -2.35. The van der Waals surface area contributed by atoms with Crippen molar-refractivity contribution >= 4 is 23.2 Å². The Morgan fingerprint density at radius 3 is 2.33 bits per heavy atom. The topological polar surface area (TPSA) is 0 Å². The minimum absolute atomic E-state index is 0.0736. The molecule has 0 saturated heterocycles. The molecule has 12 heavy (non-hydrogen) atoms. The first-order chi connectivity index (χ1) is 5.69. The lowest BCUT2D eigenvalue weighted by atomic mass is 9.84. The van der Waals surface area contributed by atoms with Crippen LogP contribution in [0.1, 0.15) is 51.9 Å². The predicted molar refractivity (Wildman–Crippen MR) is 56.2 cm³/mol. The van der Waals surface area contributed by atoms with Crippen molar-refractivity contribution in [2.24, 2.45) is 0 Å². The van der Waals surface area contributed by atoms with Crippen LogP contribution in [0.5, 0.6) is 0 Å². The van der Waals surface area contributed by atoms with Crippen LogP contribution in [0.25, 0.3) is 0 Å². The Hall–Kier alpha value is 0.580. The summed E-state index contributed by atoms with van der Waals surface area (Å²) < 4.78 is 0. The van der Waals surface area contributed by atoms with Gasteiger partial charge in [0.15, 0.2) is 0 Å². The molecule has 0 aromatic rings. The van der Waals surface area contributed by atoms with Gasteiger partial charge in [-0.3, -0.25) is 0 Å². The van der Waals surface area contributed by atoms with Gasteiger partial charge in [0.1, 0.15) is 0 Å². The van der Waals surface area contributed by atoms with Crippen molar-refractivity contribution in [3.63, 3.8) is 0 Å². The van der Waals surface area contributed by atoms with Crippen LogP contribution in [0.2, 0.25) is 0 Å². The third-order valence-electron chi connectivity index (χ3n) is 2.79. The van der Waals surface area contributed by atoms with Crippen LogP contribution in [0.3, 0.4) is 0 Å². The first-order valence-electron chi connectivity index (χ1n) is 5.02. The second-order valence-corrected chi connectivity index (χ2v) is 5.13. The Balaban J connectivity index is 2.44. The van der Waals surface area contributed by atoms with E-state index >= 15 is 0 Å². The fraction of sp³-hybridized carbons (Fsp3) is 1.00. The molecule has 0 aliphatic heterocycles. The molecule has 1 saturated carbocycles. The first kappa shape index (κ1) is 10.7. The zero-order valence-corrected chi connectivity index (χ0v) is 9.29. The summed E-state index contributed by atoms with van der Waals surface area (Å²) in [6.07, 6.45) is 8.29. The fourth-order valence-electron chi connectivity index (χ4n) is 1.96. The summed E-state index contributed by atoms with van der Waals surface area (Å²) in [4.78, 5) is -0.0736. The van der Waals surface area contributed by atoms with E-state index in [2.05, 4.69) is 6.92 Å². The maximum atomic E-state index is 6.47. The largest absolute Gasteiger partial charge is 0.121 e. The van der Waals surface area contributed by atoms with E-state index in [0.29, 0.717) is 0 Å². The molecule has 0 nitrogen and oxygen atoms in total. The molecule has 0 aromatic heterocycles. The van der Waals surface area contributed by atoms with Crippen molar-refractivity contribution in [2.45, 2.75) is 62.1 Å². The molecule has 1 rings (SSSR count). The Morgan fingerprint density at radius 2 is 1.83 bits per heavy atom. The van der Waals surface area contributed by atoms with Gasteiger partial charge in [0, 0.05) is 0 Å². The van der Waals surface area contributed by atoms with Crippen LogP contribution in [0, 0.1) is 0 Å². The monoisotopic (exact) mass is 208 g/mol. The number of hydrogen-bond donors (Lipinski definition) is 0. The SMILES string of the molecule is CCCC(Cl)C1(Cl)CCCCC1. The van der Waals surface area contributed by atoms with Gasteiger partial charge in [-0.2, -0.15) is 0 Å². The summed E-state index contributed by atoms with van der Waals surface area (Å²) in [6.45, 7) is 2.17. The molecule has 1 unspecified atom stereocenters. The highest BCUT2D eigenvalue weighted by atomic mass is 35.5. The van der Waals surface area contributed by atoms with E-state index < -0.39 is 0 Å². The predicted octanol–water partition coefficient (Wildman–Crippen LogP) is 4.34. The molecule has 1 fully saturated rings. The summed E-state index contributed by atoms with van der Waals surface area (Å²) in [5.41, 5.74) is 0.